The molecule has 1 saturated heterocycles. The van der Waals surface area contributed by atoms with Crippen LogP contribution < -0.4 is 5.73 Å². The summed E-state index contributed by atoms with van der Waals surface area (Å²) in [5.74, 6) is 1.89. The molecule has 1 aromatic heterocycles. The van der Waals surface area contributed by atoms with E-state index in [4.69, 9.17) is 10.3 Å². The van der Waals surface area contributed by atoms with Gasteiger partial charge in [0.25, 0.3) is 5.91 Å². The van der Waals surface area contributed by atoms with Gasteiger partial charge in [0.1, 0.15) is 11.3 Å². The SMILES string of the molecule is Cc1noc(C)c1C(=O)N1C[C@H]2CCC(N)C[C@H]2C1. The molecule has 0 radical (unpaired) electrons. The number of aryl methyl sites for hydroxylation is 2. The zero-order valence-corrected chi connectivity index (χ0v) is 11.6. The van der Waals surface area contributed by atoms with E-state index < -0.39 is 0 Å². The number of amides is 1. The van der Waals surface area contributed by atoms with Crippen molar-refractivity contribution in [3.05, 3.63) is 17.0 Å². The van der Waals surface area contributed by atoms with E-state index in [-0.39, 0.29) is 5.91 Å². The molecule has 1 aliphatic carbocycles. The normalized spacial score (nSPS) is 30.5. The maximum Gasteiger partial charge on any atom is 0.259 e. The Hall–Kier alpha value is -1.36. The summed E-state index contributed by atoms with van der Waals surface area (Å²) in [5, 5.41) is 3.87. The first-order chi connectivity index (χ1) is 9.06. The van der Waals surface area contributed by atoms with Crippen molar-refractivity contribution >= 4 is 5.91 Å². The first kappa shape index (κ1) is 12.7. The van der Waals surface area contributed by atoms with E-state index in [1.165, 1.54) is 0 Å². The number of carbonyl (C=O) groups excluding carboxylic acids is 1. The molecule has 1 unspecified atom stereocenters. The fraction of sp³-hybridized carbons (Fsp3) is 0.714. The van der Waals surface area contributed by atoms with E-state index in [0.717, 1.165) is 32.4 Å². The van der Waals surface area contributed by atoms with Gasteiger partial charge in [-0.3, -0.25) is 4.79 Å². The molecule has 2 N–H and O–H groups in total. The Morgan fingerprint density at radius 2 is 2.05 bits per heavy atom. The van der Waals surface area contributed by atoms with Crippen molar-refractivity contribution in [2.24, 2.45) is 17.6 Å². The second-order valence-electron chi connectivity index (χ2n) is 6.00. The highest BCUT2D eigenvalue weighted by atomic mass is 16.5. The summed E-state index contributed by atoms with van der Waals surface area (Å²) in [7, 11) is 0. The van der Waals surface area contributed by atoms with Crippen LogP contribution in [0.2, 0.25) is 0 Å². The highest BCUT2D eigenvalue weighted by Gasteiger charge is 2.39. The van der Waals surface area contributed by atoms with E-state index in [2.05, 4.69) is 5.16 Å². The summed E-state index contributed by atoms with van der Waals surface area (Å²) in [6, 6.07) is 0.315. The van der Waals surface area contributed by atoms with Crippen LogP contribution in [-0.4, -0.2) is 35.1 Å². The second kappa shape index (κ2) is 4.63. The average molecular weight is 263 g/mol. The highest BCUT2D eigenvalue weighted by Crippen LogP contribution is 2.36. The van der Waals surface area contributed by atoms with Gasteiger partial charge in [-0.2, -0.15) is 0 Å². The molecule has 1 aliphatic heterocycles. The van der Waals surface area contributed by atoms with Gasteiger partial charge in [0, 0.05) is 19.1 Å². The Balaban J connectivity index is 1.76. The Kier molecular flexibility index (Phi) is 3.09. The Labute approximate surface area is 113 Å². The van der Waals surface area contributed by atoms with Gasteiger partial charge in [-0.1, -0.05) is 5.16 Å². The lowest BCUT2D eigenvalue weighted by atomic mass is 9.79. The molecular formula is C14H21N3O2. The predicted molar refractivity (Wildman–Crippen MR) is 70.7 cm³/mol. The number of rotatable bonds is 1. The van der Waals surface area contributed by atoms with Gasteiger partial charge in [0.05, 0.1) is 5.69 Å². The fourth-order valence-corrected chi connectivity index (χ4v) is 3.58. The van der Waals surface area contributed by atoms with Crippen LogP contribution in [0.3, 0.4) is 0 Å². The minimum atomic E-state index is 0.0687. The van der Waals surface area contributed by atoms with Crippen molar-refractivity contribution in [3.8, 4) is 0 Å². The van der Waals surface area contributed by atoms with Crippen LogP contribution in [0.5, 0.6) is 0 Å². The number of carbonyl (C=O) groups is 1. The third-order valence-electron chi connectivity index (χ3n) is 4.62. The molecule has 0 bridgehead atoms. The van der Waals surface area contributed by atoms with Crippen LogP contribution in [0.1, 0.15) is 41.1 Å². The van der Waals surface area contributed by atoms with E-state index in [9.17, 15) is 4.79 Å². The molecule has 1 amide bonds. The zero-order valence-electron chi connectivity index (χ0n) is 11.6. The average Bonchev–Trinajstić information content (AvgIpc) is 2.92. The second-order valence-corrected chi connectivity index (χ2v) is 6.00. The molecule has 3 rings (SSSR count). The van der Waals surface area contributed by atoms with Crippen molar-refractivity contribution in [2.75, 3.05) is 13.1 Å². The summed E-state index contributed by atoms with van der Waals surface area (Å²) in [5.41, 5.74) is 7.36. The van der Waals surface area contributed by atoms with Gasteiger partial charge in [-0.15, -0.1) is 0 Å². The number of nitrogens with two attached hydrogens (primary N) is 1. The number of hydrogen-bond donors (Lipinski definition) is 1. The maximum atomic E-state index is 12.6. The smallest absolute Gasteiger partial charge is 0.259 e. The van der Waals surface area contributed by atoms with Gasteiger partial charge in [0.2, 0.25) is 0 Å². The van der Waals surface area contributed by atoms with Crippen molar-refractivity contribution < 1.29 is 9.32 Å². The van der Waals surface area contributed by atoms with E-state index in [1.54, 1.807) is 6.92 Å². The molecule has 0 aromatic carbocycles. The summed E-state index contributed by atoms with van der Waals surface area (Å²) in [4.78, 5) is 14.5. The van der Waals surface area contributed by atoms with Gasteiger partial charge < -0.3 is 15.2 Å². The Morgan fingerprint density at radius 1 is 1.32 bits per heavy atom. The van der Waals surface area contributed by atoms with Crippen molar-refractivity contribution in [3.63, 3.8) is 0 Å². The topological polar surface area (TPSA) is 72.4 Å². The summed E-state index contributed by atoms with van der Waals surface area (Å²) in [6.07, 6.45) is 3.29. The molecule has 2 heterocycles. The summed E-state index contributed by atoms with van der Waals surface area (Å²) < 4.78 is 5.09. The van der Waals surface area contributed by atoms with Crippen LogP contribution in [0.25, 0.3) is 0 Å². The molecule has 0 spiro atoms. The van der Waals surface area contributed by atoms with Crippen LogP contribution in [0.4, 0.5) is 0 Å². The van der Waals surface area contributed by atoms with Crippen LogP contribution in [-0.2, 0) is 0 Å². The molecule has 2 aliphatic rings. The number of fused-ring (bicyclic) bond motifs is 1. The molecular weight excluding hydrogens is 242 g/mol. The van der Waals surface area contributed by atoms with Crippen LogP contribution >= 0.6 is 0 Å². The molecule has 19 heavy (non-hydrogen) atoms. The molecule has 1 aromatic rings. The van der Waals surface area contributed by atoms with Crippen molar-refractivity contribution in [2.45, 2.75) is 39.2 Å². The molecule has 3 atom stereocenters. The Morgan fingerprint density at radius 3 is 2.74 bits per heavy atom. The van der Waals surface area contributed by atoms with Crippen molar-refractivity contribution in [1.29, 1.82) is 0 Å². The van der Waals surface area contributed by atoms with Crippen LogP contribution in [0.15, 0.2) is 4.52 Å². The maximum absolute atomic E-state index is 12.6. The minimum Gasteiger partial charge on any atom is -0.361 e. The van der Waals surface area contributed by atoms with Crippen molar-refractivity contribution in [1.82, 2.24) is 10.1 Å². The number of likely N-dealkylation sites (tertiary alicyclic amines) is 1. The lowest BCUT2D eigenvalue weighted by molar-refractivity contribution is 0.0781. The number of hydrogen-bond acceptors (Lipinski definition) is 4. The van der Waals surface area contributed by atoms with E-state index in [1.807, 2.05) is 11.8 Å². The largest absolute Gasteiger partial charge is 0.361 e. The lowest BCUT2D eigenvalue weighted by Crippen LogP contribution is -2.32. The quantitative estimate of drug-likeness (QED) is 0.833. The highest BCUT2D eigenvalue weighted by molar-refractivity contribution is 5.96. The molecule has 104 valence electrons. The number of nitrogens with zero attached hydrogens (tertiary/aromatic N) is 2. The number of aromatic nitrogens is 1. The fourth-order valence-electron chi connectivity index (χ4n) is 3.58. The Bertz CT molecular complexity index is 477. The molecule has 2 fully saturated rings. The summed E-state index contributed by atoms with van der Waals surface area (Å²) >= 11 is 0. The molecule has 5 nitrogen and oxygen atoms in total. The van der Waals surface area contributed by atoms with Gasteiger partial charge in [0.15, 0.2) is 0 Å². The monoisotopic (exact) mass is 263 g/mol. The molecule has 1 saturated carbocycles. The minimum absolute atomic E-state index is 0.0687. The first-order valence-electron chi connectivity index (χ1n) is 7.04. The van der Waals surface area contributed by atoms with E-state index >= 15 is 0 Å². The lowest BCUT2D eigenvalue weighted by Gasteiger charge is -2.27. The van der Waals surface area contributed by atoms with Gasteiger partial charge in [-0.05, 0) is 44.9 Å². The molecule has 5 heteroatoms. The standard InChI is InChI=1S/C14H21N3O2/c1-8-13(9(2)19-16-8)14(18)17-6-10-3-4-12(15)5-11(10)7-17/h10-12H,3-7,15H2,1-2H3/t10-,11+,12?/m1/s1. The third-order valence-corrected chi connectivity index (χ3v) is 4.62. The van der Waals surface area contributed by atoms with E-state index in [0.29, 0.717) is 34.9 Å². The van der Waals surface area contributed by atoms with Gasteiger partial charge >= 0.3 is 0 Å². The predicted octanol–water partition coefficient (Wildman–Crippen LogP) is 1.49. The first-order valence-corrected chi connectivity index (χ1v) is 7.04. The summed E-state index contributed by atoms with van der Waals surface area (Å²) in [6.45, 7) is 5.32. The third kappa shape index (κ3) is 2.16. The van der Waals surface area contributed by atoms with Crippen LogP contribution in [0, 0.1) is 25.7 Å². The van der Waals surface area contributed by atoms with Gasteiger partial charge in [-0.25, -0.2) is 0 Å². The zero-order chi connectivity index (χ0) is 13.6.